The molecule has 1 atom stereocenters. The summed E-state index contributed by atoms with van der Waals surface area (Å²) in [4.78, 5) is 0. The monoisotopic (exact) mass is 284 g/mol. The fraction of sp³-hybridized carbons (Fsp3) is 0.500. The first-order chi connectivity index (χ1) is 10.3. The Morgan fingerprint density at radius 3 is 2.67 bits per heavy atom. The lowest BCUT2D eigenvalue weighted by Crippen LogP contribution is -2.08. The highest BCUT2D eigenvalue weighted by Crippen LogP contribution is 2.30. The van der Waals surface area contributed by atoms with Crippen LogP contribution < -0.4 is 0 Å². The van der Waals surface area contributed by atoms with Crippen molar-refractivity contribution in [1.29, 1.82) is 0 Å². The van der Waals surface area contributed by atoms with Gasteiger partial charge in [-0.2, -0.15) is 5.10 Å². The number of hydrogen-bond acceptors (Lipinski definition) is 2. The number of aromatic nitrogens is 2. The molecule has 1 heterocycles. The van der Waals surface area contributed by atoms with E-state index < -0.39 is 0 Å². The molecule has 3 nitrogen and oxygen atoms in total. The summed E-state index contributed by atoms with van der Waals surface area (Å²) >= 11 is 0. The van der Waals surface area contributed by atoms with E-state index in [0.717, 1.165) is 30.0 Å². The Bertz CT molecular complexity index is 543. The standard InChI is InChI=1S/C18H24N2O/c21-18(12-11-15-7-3-1-4-8-15)16-13-19-20(14-16)17-9-5-2-6-10-17/h2,5-6,9-10,13-15,18,21H,1,3-4,7-8,11-12H2. The number of nitrogens with zero attached hydrogens (tertiary/aromatic N) is 2. The van der Waals surface area contributed by atoms with E-state index in [9.17, 15) is 5.11 Å². The highest BCUT2D eigenvalue weighted by Gasteiger charge is 2.17. The van der Waals surface area contributed by atoms with Gasteiger partial charge in [-0.3, -0.25) is 0 Å². The average Bonchev–Trinajstić information content (AvgIpc) is 3.04. The van der Waals surface area contributed by atoms with E-state index in [-0.39, 0.29) is 6.10 Å². The smallest absolute Gasteiger partial charge is 0.0820 e. The van der Waals surface area contributed by atoms with Crippen molar-refractivity contribution in [2.75, 3.05) is 0 Å². The van der Waals surface area contributed by atoms with Crippen LogP contribution in [0.25, 0.3) is 5.69 Å². The van der Waals surface area contributed by atoms with Gasteiger partial charge in [0.05, 0.1) is 18.0 Å². The maximum atomic E-state index is 10.4. The number of aliphatic hydroxyl groups excluding tert-OH is 1. The molecule has 1 saturated carbocycles. The maximum Gasteiger partial charge on any atom is 0.0820 e. The molecule has 21 heavy (non-hydrogen) atoms. The van der Waals surface area contributed by atoms with E-state index in [4.69, 9.17) is 0 Å². The van der Waals surface area contributed by atoms with Gasteiger partial charge in [0.1, 0.15) is 0 Å². The fourth-order valence-electron chi connectivity index (χ4n) is 3.27. The molecular formula is C18H24N2O. The molecule has 1 aromatic heterocycles. The van der Waals surface area contributed by atoms with Crippen LogP contribution in [0.5, 0.6) is 0 Å². The van der Waals surface area contributed by atoms with Crippen molar-refractivity contribution in [2.24, 2.45) is 5.92 Å². The Hall–Kier alpha value is -1.61. The van der Waals surface area contributed by atoms with Gasteiger partial charge in [-0.05, 0) is 30.9 Å². The molecule has 3 rings (SSSR count). The van der Waals surface area contributed by atoms with Crippen LogP contribution in [-0.2, 0) is 0 Å². The van der Waals surface area contributed by atoms with Crippen molar-refractivity contribution in [3.05, 3.63) is 48.3 Å². The van der Waals surface area contributed by atoms with Gasteiger partial charge in [0, 0.05) is 11.8 Å². The first kappa shape index (κ1) is 14.3. The summed E-state index contributed by atoms with van der Waals surface area (Å²) in [5, 5.41) is 14.7. The highest BCUT2D eigenvalue weighted by molar-refractivity contribution is 5.31. The lowest BCUT2D eigenvalue weighted by Gasteiger charge is -2.22. The molecule has 0 radical (unpaired) electrons. The maximum absolute atomic E-state index is 10.4. The summed E-state index contributed by atoms with van der Waals surface area (Å²) < 4.78 is 1.83. The Morgan fingerprint density at radius 1 is 1.14 bits per heavy atom. The Morgan fingerprint density at radius 2 is 1.90 bits per heavy atom. The number of rotatable bonds is 5. The van der Waals surface area contributed by atoms with E-state index in [1.54, 1.807) is 6.20 Å². The van der Waals surface area contributed by atoms with Crippen molar-refractivity contribution in [3.8, 4) is 5.69 Å². The minimum atomic E-state index is -0.385. The molecule has 1 aliphatic carbocycles. The Labute approximate surface area is 126 Å². The molecule has 1 N–H and O–H groups in total. The molecule has 2 aromatic rings. The topological polar surface area (TPSA) is 38.1 Å². The van der Waals surface area contributed by atoms with Gasteiger partial charge in [0.2, 0.25) is 0 Å². The normalized spacial score (nSPS) is 17.8. The molecule has 0 spiro atoms. The van der Waals surface area contributed by atoms with Crippen molar-refractivity contribution in [1.82, 2.24) is 9.78 Å². The molecule has 112 valence electrons. The number of benzene rings is 1. The largest absolute Gasteiger partial charge is 0.388 e. The van der Waals surface area contributed by atoms with Crippen molar-refractivity contribution >= 4 is 0 Å². The summed E-state index contributed by atoms with van der Waals surface area (Å²) in [6.07, 6.45) is 12.2. The van der Waals surface area contributed by atoms with Gasteiger partial charge in [0.25, 0.3) is 0 Å². The van der Waals surface area contributed by atoms with E-state index in [2.05, 4.69) is 5.10 Å². The first-order valence-electron chi connectivity index (χ1n) is 8.11. The van der Waals surface area contributed by atoms with E-state index >= 15 is 0 Å². The second-order valence-electron chi connectivity index (χ2n) is 6.15. The molecule has 3 heteroatoms. The van der Waals surface area contributed by atoms with Crippen LogP contribution in [0.15, 0.2) is 42.7 Å². The van der Waals surface area contributed by atoms with E-state index in [0.29, 0.717) is 0 Å². The third-order valence-electron chi connectivity index (χ3n) is 4.58. The number of hydrogen-bond donors (Lipinski definition) is 1. The van der Waals surface area contributed by atoms with Gasteiger partial charge >= 0.3 is 0 Å². The predicted octanol–water partition coefficient (Wildman–Crippen LogP) is 4.27. The van der Waals surface area contributed by atoms with Gasteiger partial charge in [0.15, 0.2) is 0 Å². The molecular weight excluding hydrogens is 260 g/mol. The van der Waals surface area contributed by atoms with Crippen molar-refractivity contribution < 1.29 is 5.11 Å². The minimum Gasteiger partial charge on any atom is -0.388 e. The Kier molecular flexibility index (Phi) is 4.71. The average molecular weight is 284 g/mol. The van der Waals surface area contributed by atoms with Crippen LogP contribution >= 0.6 is 0 Å². The predicted molar refractivity (Wildman–Crippen MR) is 84.3 cm³/mol. The summed E-state index contributed by atoms with van der Waals surface area (Å²) in [7, 11) is 0. The van der Waals surface area contributed by atoms with Crippen LogP contribution in [0.2, 0.25) is 0 Å². The fourth-order valence-corrected chi connectivity index (χ4v) is 3.27. The molecule has 0 amide bonds. The van der Waals surface area contributed by atoms with Crippen LogP contribution in [0.4, 0.5) is 0 Å². The molecule has 1 aliphatic rings. The van der Waals surface area contributed by atoms with Crippen LogP contribution in [0.3, 0.4) is 0 Å². The first-order valence-corrected chi connectivity index (χ1v) is 8.11. The van der Waals surface area contributed by atoms with E-state index in [1.165, 1.54) is 32.1 Å². The van der Waals surface area contributed by atoms with E-state index in [1.807, 2.05) is 41.2 Å². The third-order valence-corrected chi connectivity index (χ3v) is 4.58. The van der Waals surface area contributed by atoms with Gasteiger partial charge in [-0.25, -0.2) is 4.68 Å². The number of para-hydroxylation sites is 1. The second kappa shape index (κ2) is 6.90. The zero-order valence-electron chi connectivity index (χ0n) is 12.5. The molecule has 0 aliphatic heterocycles. The number of aliphatic hydroxyl groups is 1. The van der Waals surface area contributed by atoms with Crippen LogP contribution in [-0.4, -0.2) is 14.9 Å². The van der Waals surface area contributed by atoms with Gasteiger partial charge < -0.3 is 5.11 Å². The van der Waals surface area contributed by atoms with Crippen LogP contribution in [0, 0.1) is 5.92 Å². The quantitative estimate of drug-likeness (QED) is 0.890. The second-order valence-corrected chi connectivity index (χ2v) is 6.15. The summed E-state index contributed by atoms with van der Waals surface area (Å²) in [6, 6.07) is 10.0. The lowest BCUT2D eigenvalue weighted by molar-refractivity contribution is 0.151. The zero-order chi connectivity index (χ0) is 14.5. The third kappa shape index (κ3) is 3.73. The molecule has 1 fully saturated rings. The summed E-state index contributed by atoms with van der Waals surface area (Å²) in [6.45, 7) is 0. The van der Waals surface area contributed by atoms with Crippen molar-refractivity contribution in [3.63, 3.8) is 0 Å². The SMILES string of the molecule is OC(CCC1CCCCC1)c1cnn(-c2ccccc2)c1. The zero-order valence-corrected chi connectivity index (χ0v) is 12.5. The lowest BCUT2D eigenvalue weighted by atomic mass is 9.85. The molecule has 0 saturated heterocycles. The molecule has 1 aromatic carbocycles. The van der Waals surface area contributed by atoms with Gasteiger partial charge in [-0.1, -0.05) is 50.3 Å². The highest BCUT2D eigenvalue weighted by atomic mass is 16.3. The summed E-state index contributed by atoms with van der Waals surface area (Å²) in [5.74, 6) is 0.817. The molecule has 1 unspecified atom stereocenters. The van der Waals surface area contributed by atoms with Crippen molar-refractivity contribution in [2.45, 2.75) is 51.0 Å². The summed E-state index contributed by atoms with van der Waals surface area (Å²) in [5.41, 5.74) is 1.96. The molecule has 0 bridgehead atoms. The van der Waals surface area contributed by atoms with Gasteiger partial charge in [-0.15, -0.1) is 0 Å². The van der Waals surface area contributed by atoms with Crippen LogP contribution in [0.1, 0.15) is 56.6 Å². The Balaban J connectivity index is 1.57. The minimum absolute atomic E-state index is 0.385.